The molecule has 1 spiro atoms. The molecule has 1 unspecified atom stereocenters. The van der Waals surface area contributed by atoms with Crippen molar-refractivity contribution in [2.24, 2.45) is 0 Å². The van der Waals surface area contributed by atoms with E-state index in [-0.39, 0.29) is 5.60 Å². The highest BCUT2D eigenvalue weighted by Crippen LogP contribution is 2.21. The van der Waals surface area contributed by atoms with E-state index >= 15 is 0 Å². The molecule has 2 rings (SSSR count). The molecule has 2 saturated heterocycles. The number of hydrogen-bond donors (Lipinski definition) is 1. The van der Waals surface area contributed by atoms with Crippen molar-refractivity contribution in [2.45, 2.75) is 25.0 Å². The minimum absolute atomic E-state index is 0.241. The molecule has 0 aliphatic carbocycles. The average molecular weight is 201 g/mol. The van der Waals surface area contributed by atoms with Crippen molar-refractivity contribution in [3.63, 3.8) is 0 Å². The fourth-order valence-corrected chi connectivity index (χ4v) is 1.97. The lowest BCUT2D eigenvalue weighted by Gasteiger charge is -2.40. The summed E-state index contributed by atoms with van der Waals surface area (Å²) in [6.45, 7) is 6.59. The lowest BCUT2D eigenvalue weighted by molar-refractivity contribution is -0.158. The van der Waals surface area contributed by atoms with Crippen LogP contribution in [0.3, 0.4) is 0 Å². The summed E-state index contributed by atoms with van der Waals surface area (Å²) in [5.74, 6) is 0. The molecule has 2 aliphatic rings. The molecule has 0 aromatic carbocycles. The molecule has 82 valence electrons. The molecule has 1 atom stereocenters. The van der Waals surface area contributed by atoms with E-state index in [1.54, 1.807) is 0 Å². The summed E-state index contributed by atoms with van der Waals surface area (Å²) in [6.07, 6.45) is 1.34. The van der Waals surface area contributed by atoms with E-state index in [2.05, 4.69) is 12.2 Å². The Bertz CT molecular complexity index is 178. The van der Waals surface area contributed by atoms with E-state index in [0.29, 0.717) is 32.5 Å². The average Bonchev–Trinajstić information content (AvgIpc) is 2.44. The predicted octanol–water partition coefficient (Wildman–Crippen LogP) is 0.170. The highest BCUT2D eigenvalue weighted by Gasteiger charge is 2.38. The normalized spacial score (nSPS) is 32.8. The Hall–Kier alpha value is -0.160. The maximum Gasteiger partial charge on any atom is 0.127 e. The van der Waals surface area contributed by atoms with Gasteiger partial charge in [-0.15, -0.1) is 0 Å². The summed E-state index contributed by atoms with van der Waals surface area (Å²) < 4.78 is 17.0. The molecule has 4 heteroatoms. The van der Waals surface area contributed by atoms with Gasteiger partial charge >= 0.3 is 0 Å². The summed E-state index contributed by atoms with van der Waals surface area (Å²) in [5, 5.41) is 3.39. The first-order valence-electron chi connectivity index (χ1n) is 5.39. The second-order valence-electron chi connectivity index (χ2n) is 4.07. The highest BCUT2D eigenvalue weighted by atomic mass is 16.6. The third-order valence-electron chi connectivity index (χ3n) is 2.79. The largest absolute Gasteiger partial charge is 0.376 e. The van der Waals surface area contributed by atoms with Crippen LogP contribution in [0.5, 0.6) is 0 Å². The molecule has 0 amide bonds. The number of hydrogen-bond acceptors (Lipinski definition) is 4. The molecular formula is C10H19NO3. The van der Waals surface area contributed by atoms with Crippen molar-refractivity contribution < 1.29 is 14.2 Å². The molecule has 2 fully saturated rings. The topological polar surface area (TPSA) is 39.7 Å². The fourth-order valence-electron chi connectivity index (χ4n) is 1.97. The van der Waals surface area contributed by atoms with Crippen molar-refractivity contribution in [2.75, 3.05) is 39.5 Å². The fraction of sp³-hybridized carbons (Fsp3) is 1.00. The first kappa shape index (κ1) is 10.4. The van der Waals surface area contributed by atoms with Gasteiger partial charge in [0.2, 0.25) is 0 Å². The van der Waals surface area contributed by atoms with Gasteiger partial charge in [0.05, 0.1) is 32.5 Å². The van der Waals surface area contributed by atoms with Gasteiger partial charge < -0.3 is 19.5 Å². The lowest BCUT2D eigenvalue weighted by Crippen LogP contribution is -2.58. The van der Waals surface area contributed by atoms with Gasteiger partial charge in [-0.3, -0.25) is 0 Å². The standard InChI is InChI=1S/C10H19NO3/c1-2-9-5-11-6-10(14-9)7-12-3-4-13-8-10/h9,11H,2-8H2,1H3. The lowest BCUT2D eigenvalue weighted by atomic mass is 10.0. The Morgan fingerprint density at radius 2 is 2.00 bits per heavy atom. The van der Waals surface area contributed by atoms with Crippen LogP contribution in [0, 0.1) is 0 Å². The van der Waals surface area contributed by atoms with Crippen molar-refractivity contribution >= 4 is 0 Å². The minimum atomic E-state index is -0.241. The Kier molecular flexibility index (Phi) is 3.38. The molecule has 0 aromatic heterocycles. The van der Waals surface area contributed by atoms with Crippen LogP contribution in [-0.4, -0.2) is 51.2 Å². The second kappa shape index (κ2) is 4.57. The van der Waals surface area contributed by atoms with Crippen LogP contribution in [0.15, 0.2) is 0 Å². The summed E-state index contributed by atoms with van der Waals surface area (Å²) in [6, 6.07) is 0. The summed E-state index contributed by atoms with van der Waals surface area (Å²) in [5.41, 5.74) is -0.241. The van der Waals surface area contributed by atoms with Gasteiger partial charge in [0.1, 0.15) is 5.60 Å². The molecule has 0 saturated carbocycles. The SMILES string of the molecule is CCC1CNCC2(COCCOC2)O1. The van der Waals surface area contributed by atoms with Crippen LogP contribution in [0.2, 0.25) is 0 Å². The molecule has 14 heavy (non-hydrogen) atoms. The third-order valence-corrected chi connectivity index (χ3v) is 2.79. The van der Waals surface area contributed by atoms with Crippen molar-refractivity contribution in [3.8, 4) is 0 Å². The molecule has 0 aromatic rings. The van der Waals surface area contributed by atoms with E-state index in [4.69, 9.17) is 14.2 Å². The van der Waals surface area contributed by atoms with Gasteiger partial charge in [0, 0.05) is 13.1 Å². The van der Waals surface area contributed by atoms with Gasteiger partial charge in [-0.05, 0) is 6.42 Å². The molecular weight excluding hydrogens is 182 g/mol. The zero-order chi connectivity index (χ0) is 9.86. The zero-order valence-corrected chi connectivity index (χ0v) is 8.75. The zero-order valence-electron chi connectivity index (χ0n) is 8.75. The maximum absolute atomic E-state index is 6.03. The van der Waals surface area contributed by atoms with Crippen LogP contribution >= 0.6 is 0 Å². The van der Waals surface area contributed by atoms with E-state index < -0.39 is 0 Å². The maximum atomic E-state index is 6.03. The Balaban J connectivity index is 1.97. The Morgan fingerprint density at radius 1 is 1.29 bits per heavy atom. The van der Waals surface area contributed by atoms with Crippen LogP contribution < -0.4 is 5.32 Å². The third kappa shape index (κ3) is 2.25. The van der Waals surface area contributed by atoms with Crippen LogP contribution in [-0.2, 0) is 14.2 Å². The quantitative estimate of drug-likeness (QED) is 0.656. The van der Waals surface area contributed by atoms with E-state index in [0.717, 1.165) is 19.5 Å². The molecule has 2 heterocycles. The first-order valence-corrected chi connectivity index (χ1v) is 5.39. The summed E-state index contributed by atoms with van der Waals surface area (Å²) in [4.78, 5) is 0. The van der Waals surface area contributed by atoms with Crippen LogP contribution in [0.1, 0.15) is 13.3 Å². The van der Waals surface area contributed by atoms with E-state index in [1.165, 1.54) is 0 Å². The molecule has 0 radical (unpaired) electrons. The predicted molar refractivity (Wildman–Crippen MR) is 52.4 cm³/mol. The van der Waals surface area contributed by atoms with Crippen LogP contribution in [0.25, 0.3) is 0 Å². The van der Waals surface area contributed by atoms with Crippen molar-refractivity contribution in [3.05, 3.63) is 0 Å². The molecule has 1 N–H and O–H groups in total. The van der Waals surface area contributed by atoms with Gasteiger partial charge in [0.25, 0.3) is 0 Å². The van der Waals surface area contributed by atoms with Crippen molar-refractivity contribution in [1.29, 1.82) is 0 Å². The smallest absolute Gasteiger partial charge is 0.127 e. The highest BCUT2D eigenvalue weighted by molar-refractivity contribution is 4.90. The summed E-state index contributed by atoms with van der Waals surface area (Å²) >= 11 is 0. The van der Waals surface area contributed by atoms with Crippen LogP contribution in [0.4, 0.5) is 0 Å². The van der Waals surface area contributed by atoms with Gasteiger partial charge in [0.15, 0.2) is 0 Å². The number of nitrogens with one attached hydrogen (secondary N) is 1. The Labute approximate surface area is 84.9 Å². The second-order valence-corrected chi connectivity index (χ2v) is 4.07. The molecule has 0 bridgehead atoms. The van der Waals surface area contributed by atoms with E-state index in [1.807, 2.05) is 0 Å². The monoisotopic (exact) mass is 201 g/mol. The van der Waals surface area contributed by atoms with Gasteiger partial charge in [-0.25, -0.2) is 0 Å². The number of ether oxygens (including phenoxy) is 3. The van der Waals surface area contributed by atoms with Gasteiger partial charge in [-0.1, -0.05) is 6.92 Å². The summed E-state index contributed by atoms with van der Waals surface area (Å²) in [7, 11) is 0. The molecule has 2 aliphatic heterocycles. The van der Waals surface area contributed by atoms with E-state index in [9.17, 15) is 0 Å². The minimum Gasteiger partial charge on any atom is -0.376 e. The first-order chi connectivity index (χ1) is 6.85. The number of rotatable bonds is 1. The van der Waals surface area contributed by atoms with Gasteiger partial charge in [-0.2, -0.15) is 0 Å². The Morgan fingerprint density at radius 3 is 2.64 bits per heavy atom. The molecule has 4 nitrogen and oxygen atoms in total. The number of morpholine rings is 1. The van der Waals surface area contributed by atoms with Crippen molar-refractivity contribution in [1.82, 2.24) is 5.32 Å².